The van der Waals surface area contributed by atoms with Crippen LogP contribution in [0.1, 0.15) is 15.9 Å². The van der Waals surface area contributed by atoms with Crippen molar-refractivity contribution in [2.75, 3.05) is 18.9 Å². The summed E-state index contributed by atoms with van der Waals surface area (Å²) in [6.45, 7) is 0.623. The molecule has 0 unspecified atom stereocenters. The molecular formula is C21H17N5O2. The third-order valence-corrected chi connectivity index (χ3v) is 4.56. The molecule has 4 rings (SSSR count). The van der Waals surface area contributed by atoms with Crippen molar-refractivity contribution in [3.63, 3.8) is 0 Å². The number of carbonyl (C=O) groups is 1. The Labute approximate surface area is 161 Å². The Morgan fingerprint density at radius 2 is 1.96 bits per heavy atom. The first-order chi connectivity index (χ1) is 13.7. The van der Waals surface area contributed by atoms with Crippen LogP contribution in [0.4, 0.5) is 5.82 Å². The summed E-state index contributed by atoms with van der Waals surface area (Å²) in [6, 6.07) is 14.8. The maximum atomic E-state index is 11.9. The Morgan fingerprint density at radius 1 is 1.18 bits per heavy atom. The van der Waals surface area contributed by atoms with Crippen molar-refractivity contribution < 1.29 is 9.53 Å². The lowest BCUT2D eigenvalue weighted by molar-refractivity contribution is 0.0946. The average molecular weight is 371 g/mol. The zero-order chi connectivity index (χ0) is 19.5. The molecule has 0 aliphatic carbocycles. The molecule has 0 spiro atoms. The lowest BCUT2D eigenvalue weighted by Crippen LogP contribution is -2.31. The van der Waals surface area contributed by atoms with Crippen molar-refractivity contribution in [1.82, 2.24) is 15.3 Å². The maximum absolute atomic E-state index is 11.9. The van der Waals surface area contributed by atoms with Crippen LogP contribution in [0.25, 0.3) is 22.5 Å². The number of ether oxygens (including phenoxy) is 1. The molecule has 7 nitrogen and oxygen atoms in total. The fraction of sp³-hybridized carbons (Fsp3) is 0.143. The second kappa shape index (κ2) is 7.37. The summed E-state index contributed by atoms with van der Waals surface area (Å²) in [4.78, 5) is 20.9. The normalized spacial score (nSPS) is 12.6. The SMILES string of the molecule is N#CCOc1ccc(-c2cnc(N)c(-c3ccc4c(c3)CCNC4=O)n2)cc1. The van der Waals surface area contributed by atoms with E-state index in [9.17, 15) is 4.79 Å². The highest BCUT2D eigenvalue weighted by atomic mass is 16.5. The number of aromatic nitrogens is 2. The molecule has 28 heavy (non-hydrogen) atoms. The van der Waals surface area contributed by atoms with E-state index >= 15 is 0 Å². The zero-order valence-electron chi connectivity index (χ0n) is 15.0. The number of hydrogen-bond acceptors (Lipinski definition) is 6. The van der Waals surface area contributed by atoms with Gasteiger partial charge in [-0.3, -0.25) is 4.79 Å². The highest BCUT2D eigenvalue weighted by molar-refractivity contribution is 5.97. The standard InChI is InChI=1S/C21H17N5O2/c22-8-10-28-16-4-1-13(2-5-16)18-12-25-20(23)19(26-18)15-3-6-17-14(11-15)7-9-24-21(17)27/h1-6,11-12H,7,9-10H2,(H2,23,25)(H,24,27). The molecular weight excluding hydrogens is 354 g/mol. The summed E-state index contributed by atoms with van der Waals surface area (Å²) in [5, 5.41) is 11.4. The maximum Gasteiger partial charge on any atom is 0.251 e. The minimum absolute atomic E-state index is 0.00151. The van der Waals surface area contributed by atoms with Crippen molar-refractivity contribution in [1.29, 1.82) is 5.26 Å². The Morgan fingerprint density at radius 3 is 2.75 bits per heavy atom. The zero-order valence-corrected chi connectivity index (χ0v) is 15.0. The molecule has 2 heterocycles. The average Bonchev–Trinajstić information content (AvgIpc) is 2.73. The van der Waals surface area contributed by atoms with Gasteiger partial charge in [0.25, 0.3) is 5.91 Å². The number of amides is 1. The number of nitriles is 1. The number of nitrogens with zero attached hydrogens (tertiary/aromatic N) is 3. The predicted octanol–water partition coefficient (Wildman–Crippen LogP) is 2.58. The summed E-state index contributed by atoms with van der Waals surface area (Å²) in [6.07, 6.45) is 2.39. The molecule has 3 N–H and O–H groups in total. The number of carbonyl (C=O) groups excluding carboxylic acids is 1. The number of benzene rings is 2. The second-order valence-electron chi connectivity index (χ2n) is 6.34. The molecule has 0 saturated heterocycles. The molecule has 0 atom stereocenters. The van der Waals surface area contributed by atoms with Gasteiger partial charge >= 0.3 is 0 Å². The second-order valence-corrected chi connectivity index (χ2v) is 6.34. The van der Waals surface area contributed by atoms with Crippen LogP contribution < -0.4 is 15.8 Å². The van der Waals surface area contributed by atoms with Crippen LogP contribution in [0.3, 0.4) is 0 Å². The van der Waals surface area contributed by atoms with E-state index in [4.69, 9.17) is 20.7 Å². The minimum Gasteiger partial charge on any atom is -0.479 e. The summed E-state index contributed by atoms with van der Waals surface area (Å²) < 4.78 is 5.27. The van der Waals surface area contributed by atoms with Gasteiger partial charge < -0.3 is 15.8 Å². The lowest BCUT2D eigenvalue weighted by atomic mass is 9.96. The van der Waals surface area contributed by atoms with Crippen LogP contribution in [-0.4, -0.2) is 29.0 Å². The number of nitrogens with one attached hydrogen (secondary N) is 1. The summed E-state index contributed by atoms with van der Waals surface area (Å²) >= 11 is 0. The Balaban J connectivity index is 1.68. The van der Waals surface area contributed by atoms with E-state index in [1.807, 2.05) is 30.3 Å². The first-order valence-corrected chi connectivity index (χ1v) is 8.80. The Kier molecular flexibility index (Phi) is 4.60. The van der Waals surface area contributed by atoms with E-state index in [1.165, 1.54) is 0 Å². The van der Waals surface area contributed by atoms with Gasteiger partial charge in [0, 0.05) is 23.2 Å². The van der Waals surface area contributed by atoms with E-state index in [2.05, 4.69) is 10.3 Å². The van der Waals surface area contributed by atoms with Crippen molar-refractivity contribution in [3.8, 4) is 34.3 Å². The molecule has 0 saturated carbocycles. The Bertz CT molecular complexity index is 1090. The summed E-state index contributed by atoms with van der Waals surface area (Å²) in [5.74, 6) is 0.888. The molecule has 0 fully saturated rings. The van der Waals surface area contributed by atoms with Crippen LogP contribution in [0.15, 0.2) is 48.7 Å². The third-order valence-electron chi connectivity index (χ3n) is 4.56. The minimum atomic E-state index is -0.0562. The fourth-order valence-electron chi connectivity index (χ4n) is 3.16. The van der Waals surface area contributed by atoms with Crippen LogP contribution in [0.5, 0.6) is 5.75 Å². The van der Waals surface area contributed by atoms with Crippen LogP contribution in [-0.2, 0) is 6.42 Å². The predicted molar refractivity (Wildman–Crippen MR) is 104 cm³/mol. The molecule has 1 aliphatic heterocycles. The van der Waals surface area contributed by atoms with Crippen molar-refractivity contribution in [2.24, 2.45) is 0 Å². The molecule has 7 heteroatoms. The van der Waals surface area contributed by atoms with E-state index in [0.717, 1.165) is 23.1 Å². The highest BCUT2D eigenvalue weighted by Crippen LogP contribution is 2.29. The molecule has 2 aromatic carbocycles. The topological polar surface area (TPSA) is 114 Å². The van der Waals surface area contributed by atoms with Gasteiger partial charge in [0.05, 0.1) is 11.9 Å². The fourth-order valence-corrected chi connectivity index (χ4v) is 3.16. The number of nitrogen functional groups attached to an aromatic ring is 1. The quantitative estimate of drug-likeness (QED) is 0.729. The van der Waals surface area contributed by atoms with Crippen LogP contribution >= 0.6 is 0 Å². The smallest absolute Gasteiger partial charge is 0.251 e. The van der Waals surface area contributed by atoms with Gasteiger partial charge in [-0.1, -0.05) is 6.07 Å². The van der Waals surface area contributed by atoms with E-state index < -0.39 is 0 Å². The van der Waals surface area contributed by atoms with E-state index in [0.29, 0.717) is 35.1 Å². The molecule has 138 valence electrons. The monoisotopic (exact) mass is 371 g/mol. The van der Waals surface area contributed by atoms with Crippen LogP contribution in [0, 0.1) is 11.3 Å². The molecule has 3 aromatic rings. The number of nitrogens with two attached hydrogens (primary N) is 1. The van der Waals surface area contributed by atoms with Gasteiger partial charge in [-0.25, -0.2) is 9.97 Å². The molecule has 1 aromatic heterocycles. The van der Waals surface area contributed by atoms with Gasteiger partial charge in [0.2, 0.25) is 0 Å². The lowest BCUT2D eigenvalue weighted by Gasteiger charge is -2.17. The molecule has 0 bridgehead atoms. The highest BCUT2D eigenvalue weighted by Gasteiger charge is 2.18. The summed E-state index contributed by atoms with van der Waals surface area (Å²) in [7, 11) is 0. The van der Waals surface area contributed by atoms with Gasteiger partial charge in [-0.15, -0.1) is 0 Å². The number of hydrogen-bond donors (Lipinski definition) is 2. The van der Waals surface area contributed by atoms with Crippen LogP contribution in [0.2, 0.25) is 0 Å². The number of anilines is 1. The van der Waals surface area contributed by atoms with E-state index in [1.54, 1.807) is 24.4 Å². The van der Waals surface area contributed by atoms with Crippen molar-refractivity contribution >= 4 is 11.7 Å². The summed E-state index contributed by atoms with van der Waals surface area (Å²) in [5.41, 5.74) is 10.7. The van der Waals surface area contributed by atoms with Gasteiger partial charge in [0.1, 0.15) is 23.3 Å². The molecule has 0 radical (unpaired) electrons. The van der Waals surface area contributed by atoms with Crippen molar-refractivity contribution in [3.05, 3.63) is 59.8 Å². The number of fused-ring (bicyclic) bond motifs is 1. The van der Waals surface area contributed by atoms with E-state index in [-0.39, 0.29) is 12.5 Å². The first-order valence-electron chi connectivity index (χ1n) is 8.80. The molecule has 1 amide bonds. The Hall–Kier alpha value is -3.92. The van der Waals surface area contributed by atoms with Gasteiger partial charge in [-0.05, 0) is 48.4 Å². The first kappa shape index (κ1) is 17.5. The molecule has 1 aliphatic rings. The van der Waals surface area contributed by atoms with Crippen molar-refractivity contribution in [2.45, 2.75) is 6.42 Å². The van der Waals surface area contributed by atoms with Gasteiger partial charge in [0.15, 0.2) is 6.61 Å². The van der Waals surface area contributed by atoms with Gasteiger partial charge in [-0.2, -0.15) is 5.26 Å². The largest absolute Gasteiger partial charge is 0.479 e. The third kappa shape index (κ3) is 3.35. The number of rotatable bonds is 4.